The quantitative estimate of drug-likeness (QED) is 0.461. The Bertz CT molecular complexity index is 296. The fourth-order valence-corrected chi connectivity index (χ4v) is 1.97. The van der Waals surface area contributed by atoms with Crippen molar-refractivity contribution in [3.05, 3.63) is 26.8 Å². The molecule has 1 heterocycles. The van der Waals surface area contributed by atoms with Gasteiger partial charge in [-0.2, -0.15) is 0 Å². The summed E-state index contributed by atoms with van der Waals surface area (Å²) in [6.45, 7) is 0. The number of halogens is 5. The van der Waals surface area contributed by atoms with Gasteiger partial charge in [-0.25, -0.2) is 18.2 Å². The van der Waals surface area contributed by atoms with Gasteiger partial charge in [-0.3, -0.25) is 0 Å². The average Bonchev–Trinajstić information content (AvgIpc) is 2.03. The van der Waals surface area contributed by atoms with Gasteiger partial charge in [0.1, 0.15) is 15.2 Å². The highest BCUT2D eigenvalue weighted by atomic mass is 127. The zero-order valence-corrected chi connectivity index (χ0v) is 9.11. The molecule has 1 rings (SSSR count). The largest absolute Gasteiger partial charge is 0.280 e. The van der Waals surface area contributed by atoms with Crippen LogP contribution in [0.25, 0.3) is 0 Å². The Balaban J connectivity index is 3.20. The van der Waals surface area contributed by atoms with E-state index in [1.54, 1.807) is 22.6 Å². The number of pyridine rings is 1. The summed E-state index contributed by atoms with van der Waals surface area (Å²) < 4.78 is 37.4. The van der Waals surface area contributed by atoms with Crippen LogP contribution in [0.5, 0.6) is 0 Å². The van der Waals surface area contributed by atoms with Crippen LogP contribution in [0.2, 0.25) is 0 Å². The summed E-state index contributed by atoms with van der Waals surface area (Å²) in [6.07, 6.45) is -2.76. The number of hydrogen-bond donors (Lipinski definition) is 0. The first kappa shape index (κ1) is 11.0. The lowest BCUT2D eigenvalue weighted by molar-refractivity contribution is 0.145. The lowest BCUT2D eigenvalue weighted by Gasteiger charge is -2.04. The Morgan fingerprint density at radius 1 is 1.54 bits per heavy atom. The van der Waals surface area contributed by atoms with E-state index in [2.05, 4.69) is 4.98 Å². The van der Waals surface area contributed by atoms with E-state index in [9.17, 15) is 13.2 Å². The molecule has 0 N–H and O–H groups in total. The molecular formula is C7H4ClF3IN. The molecular weight excluding hydrogens is 317 g/mol. The molecule has 0 atom stereocenters. The van der Waals surface area contributed by atoms with Crippen LogP contribution in [0, 0.1) is 9.52 Å². The van der Waals surface area contributed by atoms with E-state index in [-0.39, 0.29) is 15.1 Å². The third-order valence-corrected chi connectivity index (χ3v) is 2.56. The molecule has 6 heteroatoms. The van der Waals surface area contributed by atoms with Gasteiger partial charge in [-0.1, -0.05) is 0 Å². The summed E-state index contributed by atoms with van der Waals surface area (Å²) in [5.41, 5.74) is -0.401. The number of rotatable bonds is 2. The fourth-order valence-electron chi connectivity index (χ4n) is 0.759. The zero-order chi connectivity index (χ0) is 10.0. The number of hydrogen-bond acceptors (Lipinski definition) is 1. The van der Waals surface area contributed by atoms with Gasteiger partial charge in [0.05, 0.1) is 5.88 Å². The van der Waals surface area contributed by atoms with Crippen molar-refractivity contribution in [3.8, 4) is 0 Å². The summed E-state index contributed by atoms with van der Waals surface area (Å²) >= 11 is 7.07. The van der Waals surface area contributed by atoms with Crippen LogP contribution in [-0.4, -0.2) is 4.98 Å². The molecule has 0 saturated carbocycles. The van der Waals surface area contributed by atoms with Crippen molar-refractivity contribution in [1.29, 1.82) is 0 Å². The van der Waals surface area contributed by atoms with Gasteiger partial charge < -0.3 is 0 Å². The summed E-state index contributed by atoms with van der Waals surface area (Å²) in [5.74, 6) is -0.801. The van der Waals surface area contributed by atoms with E-state index < -0.39 is 17.9 Å². The normalized spacial score (nSPS) is 10.9. The fraction of sp³-hybridized carbons (Fsp3) is 0.286. The molecule has 0 spiro atoms. The highest BCUT2D eigenvalue weighted by Gasteiger charge is 2.15. The van der Waals surface area contributed by atoms with Crippen molar-refractivity contribution in [2.24, 2.45) is 0 Å². The van der Waals surface area contributed by atoms with Gasteiger partial charge in [0.25, 0.3) is 6.43 Å². The molecule has 0 saturated heterocycles. The minimum absolute atomic E-state index is 0.0688. The first-order valence-corrected chi connectivity index (χ1v) is 4.86. The van der Waals surface area contributed by atoms with Crippen LogP contribution in [-0.2, 0) is 5.88 Å². The van der Waals surface area contributed by atoms with Crippen LogP contribution >= 0.6 is 34.2 Å². The Kier molecular flexibility index (Phi) is 3.78. The first-order valence-electron chi connectivity index (χ1n) is 3.25. The van der Waals surface area contributed by atoms with Crippen molar-refractivity contribution in [2.45, 2.75) is 12.3 Å². The number of alkyl halides is 3. The van der Waals surface area contributed by atoms with Crippen LogP contribution in [0.4, 0.5) is 13.2 Å². The van der Waals surface area contributed by atoms with Crippen molar-refractivity contribution in [3.63, 3.8) is 0 Å². The third kappa shape index (κ3) is 2.46. The van der Waals surface area contributed by atoms with Gasteiger partial charge in [0.2, 0.25) is 0 Å². The van der Waals surface area contributed by atoms with Crippen LogP contribution in [0.3, 0.4) is 0 Å². The van der Waals surface area contributed by atoms with E-state index in [0.29, 0.717) is 6.07 Å². The smallest absolute Gasteiger partial charge is 0.240 e. The number of aromatic nitrogens is 1. The lowest BCUT2D eigenvalue weighted by atomic mass is 10.2. The second-order valence-corrected chi connectivity index (χ2v) is 3.52. The Labute approximate surface area is 91.4 Å². The average molecular weight is 321 g/mol. The molecule has 1 nitrogen and oxygen atoms in total. The van der Waals surface area contributed by atoms with Crippen LogP contribution in [0.1, 0.15) is 17.7 Å². The van der Waals surface area contributed by atoms with Gasteiger partial charge in [0.15, 0.2) is 0 Å². The topological polar surface area (TPSA) is 12.9 Å². The third-order valence-electron chi connectivity index (χ3n) is 1.40. The summed E-state index contributed by atoms with van der Waals surface area (Å²) in [7, 11) is 0. The van der Waals surface area contributed by atoms with Gasteiger partial charge in [-0.15, -0.1) is 11.6 Å². The van der Waals surface area contributed by atoms with Gasteiger partial charge >= 0.3 is 0 Å². The molecule has 72 valence electrons. The minimum atomic E-state index is -2.76. The minimum Gasteiger partial charge on any atom is -0.240 e. The monoisotopic (exact) mass is 321 g/mol. The van der Waals surface area contributed by atoms with E-state index in [1.165, 1.54) is 0 Å². The maximum absolute atomic E-state index is 13.0. The SMILES string of the molecule is Fc1cc(C(F)F)nc(I)c1CCl. The molecule has 0 aromatic carbocycles. The molecule has 0 aliphatic heterocycles. The van der Waals surface area contributed by atoms with Crippen LogP contribution in [0.15, 0.2) is 6.07 Å². The summed E-state index contributed by atoms with van der Waals surface area (Å²) in [6, 6.07) is 0.713. The van der Waals surface area contributed by atoms with Crippen molar-refractivity contribution < 1.29 is 13.2 Å². The summed E-state index contributed by atoms with van der Waals surface area (Å²) in [4.78, 5) is 3.52. The molecule has 0 bridgehead atoms. The molecule has 0 radical (unpaired) electrons. The van der Waals surface area contributed by atoms with E-state index in [0.717, 1.165) is 0 Å². The highest BCUT2D eigenvalue weighted by molar-refractivity contribution is 14.1. The Morgan fingerprint density at radius 3 is 2.54 bits per heavy atom. The molecule has 0 unspecified atom stereocenters. The molecule has 1 aromatic heterocycles. The number of nitrogens with zero attached hydrogens (tertiary/aromatic N) is 1. The van der Waals surface area contributed by atoms with Crippen LogP contribution < -0.4 is 0 Å². The predicted octanol–water partition coefficient (Wildman–Crippen LogP) is 3.50. The molecule has 1 aromatic rings. The van der Waals surface area contributed by atoms with E-state index >= 15 is 0 Å². The molecule has 0 fully saturated rings. The summed E-state index contributed by atoms with van der Waals surface area (Å²) in [5, 5.41) is 0. The molecule has 0 aliphatic rings. The van der Waals surface area contributed by atoms with Gasteiger partial charge in [-0.05, 0) is 22.6 Å². The van der Waals surface area contributed by atoms with Crippen molar-refractivity contribution >= 4 is 34.2 Å². The second-order valence-electron chi connectivity index (χ2n) is 2.23. The Morgan fingerprint density at radius 2 is 2.15 bits per heavy atom. The first-order chi connectivity index (χ1) is 6.06. The maximum Gasteiger partial charge on any atom is 0.280 e. The van der Waals surface area contributed by atoms with E-state index in [1.807, 2.05) is 0 Å². The second kappa shape index (κ2) is 4.45. The molecule has 13 heavy (non-hydrogen) atoms. The van der Waals surface area contributed by atoms with E-state index in [4.69, 9.17) is 11.6 Å². The Hall–Kier alpha value is -0.0400. The standard InChI is InChI=1S/C7H4ClF3IN/c8-2-3-4(9)1-5(6(10)11)13-7(3)12/h1,6H,2H2. The molecule has 0 amide bonds. The zero-order valence-electron chi connectivity index (χ0n) is 6.20. The maximum atomic E-state index is 13.0. The van der Waals surface area contributed by atoms with Crippen molar-refractivity contribution in [1.82, 2.24) is 4.98 Å². The molecule has 0 aliphatic carbocycles. The highest BCUT2D eigenvalue weighted by Crippen LogP contribution is 2.23. The predicted molar refractivity (Wildman–Crippen MR) is 51.4 cm³/mol. The van der Waals surface area contributed by atoms with Crippen molar-refractivity contribution in [2.75, 3.05) is 0 Å². The lowest BCUT2D eigenvalue weighted by Crippen LogP contribution is -2.00. The van der Waals surface area contributed by atoms with Gasteiger partial charge in [0, 0.05) is 11.6 Å².